The lowest BCUT2D eigenvalue weighted by molar-refractivity contribution is -0.137. The number of aryl methyl sites for hydroxylation is 1. The molecule has 3 N–H and O–H groups in total. The fourth-order valence-corrected chi connectivity index (χ4v) is 4.57. The topological polar surface area (TPSA) is 64.6 Å². The maximum Gasteiger partial charge on any atom is 0.418 e. The largest absolute Gasteiger partial charge is 0.418 e. The van der Waals surface area contributed by atoms with Crippen LogP contribution < -0.4 is 15.5 Å². The molecule has 1 atom stereocenters. The van der Waals surface area contributed by atoms with Gasteiger partial charge in [0.1, 0.15) is 0 Å². The molecule has 32 heavy (non-hydrogen) atoms. The normalized spacial score (nSPS) is 18.8. The van der Waals surface area contributed by atoms with Gasteiger partial charge >= 0.3 is 12.2 Å². The lowest BCUT2D eigenvalue weighted by atomic mass is 9.88. The monoisotopic (exact) mass is 447 g/mol. The zero-order chi connectivity index (χ0) is 22.7. The number of carbonyl (C=O) groups excluding carboxylic acids is 1. The second-order valence-corrected chi connectivity index (χ2v) is 8.54. The molecule has 1 aliphatic carbocycles. The number of aliphatic hydroxyl groups is 1. The maximum atomic E-state index is 13.7. The molecule has 1 aliphatic heterocycles. The third kappa shape index (κ3) is 5.18. The van der Waals surface area contributed by atoms with Gasteiger partial charge in [0.05, 0.1) is 11.7 Å². The third-order valence-corrected chi connectivity index (χ3v) is 6.22. The lowest BCUT2D eigenvalue weighted by Gasteiger charge is -2.31. The lowest BCUT2D eigenvalue weighted by Crippen LogP contribution is -2.32. The molecule has 2 aromatic carbocycles. The third-order valence-electron chi connectivity index (χ3n) is 6.22. The summed E-state index contributed by atoms with van der Waals surface area (Å²) in [6, 6.07) is 9.38. The van der Waals surface area contributed by atoms with Crippen LogP contribution in [0.5, 0.6) is 0 Å². The molecule has 0 spiro atoms. The molecule has 1 saturated heterocycles. The first-order valence-electron chi connectivity index (χ1n) is 11.1. The molecule has 4 rings (SSSR count). The van der Waals surface area contributed by atoms with Gasteiger partial charge < -0.3 is 20.6 Å². The summed E-state index contributed by atoms with van der Waals surface area (Å²) in [5, 5.41) is 15.4. The summed E-state index contributed by atoms with van der Waals surface area (Å²) in [4.78, 5) is 14.2. The van der Waals surface area contributed by atoms with Gasteiger partial charge in [-0.1, -0.05) is 18.2 Å². The van der Waals surface area contributed by atoms with E-state index in [0.717, 1.165) is 42.9 Å². The number of hydrogen-bond donors (Lipinski definition) is 3. The quantitative estimate of drug-likeness (QED) is 0.627. The van der Waals surface area contributed by atoms with E-state index in [-0.39, 0.29) is 12.2 Å². The Bertz CT molecular complexity index is 971. The molecular formula is C24H28F3N3O2. The van der Waals surface area contributed by atoms with Crippen LogP contribution >= 0.6 is 0 Å². The van der Waals surface area contributed by atoms with Crippen molar-refractivity contribution in [3.05, 3.63) is 58.7 Å². The van der Waals surface area contributed by atoms with Gasteiger partial charge in [-0.15, -0.1) is 0 Å². The molecule has 1 fully saturated rings. The number of alkyl halides is 3. The van der Waals surface area contributed by atoms with Crippen molar-refractivity contribution in [1.29, 1.82) is 0 Å². The van der Waals surface area contributed by atoms with Crippen molar-refractivity contribution in [1.82, 2.24) is 5.32 Å². The summed E-state index contributed by atoms with van der Waals surface area (Å²) in [5.74, 6) is 0. The average molecular weight is 448 g/mol. The Hall–Kier alpha value is -2.74. The minimum atomic E-state index is -4.46. The average Bonchev–Trinajstić information content (AvgIpc) is 2.78. The SMILES string of the molecule is O=C(NCc1ccc(N2CCCCC2)c(C(F)(F)F)c1)Nc1cccc2c1CC(O)CC2. The van der Waals surface area contributed by atoms with Crippen molar-refractivity contribution in [2.24, 2.45) is 0 Å². The Morgan fingerprint density at radius 3 is 2.66 bits per heavy atom. The first-order valence-corrected chi connectivity index (χ1v) is 11.1. The summed E-state index contributed by atoms with van der Waals surface area (Å²) < 4.78 is 41.1. The van der Waals surface area contributed by atoms with E-state index in [1.54, 1.807) is 17.0 Å². The van der Waals surface area contributed by atoms with E-state index >= 15 is 0 Å². The summed E-state index contributed by atoms with van der Waals surface area (Å²) in [5.41, 5.74) is 2.56. The Labute approximate surface area is 185 Å². The highest BCUT2D eigenvalue weighted by atomic mass is 19.4. The summed E-state index contributed by atoms with van der Waals surface area (Å²) in [6.07, 6.45) is -0.170. The molecule has 172 valence electrons. The van der Waals surface area contributed by atoms with E-state index in [1.807, 2.05) is 12.1 Å². The number of nitrogens with one attached hydrogen (secondary N) is 2. The molecule has 2 amide bonds. The van der Waals surface area contributed by atoms with Crippen LogP contribution in [0.1, 0.15) is 47.9 Å². The minimum absolute atomic E-state index is 0.0210. The van der Waals surface area contributed by atoms with Crippen molar-refractivity contribution >= 4 is 17.4 Å². The first kappa shape index (κ1) is 22.5. The van der Waals surface area contributed by atoms with Gasteiger partial charge in [0.2, 0.25) is 0 Å². The van der Waals surface area contributed by atoms with Crippen LogP contribution in [0.15, 0.2) is 36.4 Å². The van der Waals surface area contributed by atoms with Crippen LogP contribution in [0.2, 0.25) is 0 Å². The number of aliphatic hydroxyl groups excluding tert-OH is 1. The van der Waals surface area contributed by atoms with Gasteiger partial charge in [0, 0.05) is 37.4 Å². The number of rotatable bonds is 4. The number of halogens is 3. The number of urea groups is 1. The van der Waals surface area contributed by atoms with Crippen LogP contribution in [0.3, 0.4) is 0 Å². The summed E-state index contributed by atoms with van der Waals surface area (Å²) >= 11 is 0. The molecule has 2 aliphatic rings. The second kappa shape index (κ2) is 9.40. The zero-order valence-electron chi connectivity index (χ0n) is 17.8. The van der Waals surface area contributed by atoms with Gasteiger partial charge in [0.25, 0.3) is 0 Å². The highest BCUT2D eigenvalue weighted by molar-refractivity contribution is 5.90. The minimum Gasteiger partial charge on any atom is -0.393 e. The molecule has 1 unspecified atom stereocenters. The predicted molar refractivity (Wildman–Crippen MR) is 118 cm³/mol. The van der Waals surface area contributed by atoms with E-state index in [0.29, 0.717) is 37.2 Å². The van der Waals surface area contributed by atoms with E-state index in [1.165, 1.54) is 6.07 Å². The number of nitrogens with zero attached hydrogens (tertiary/aromatic N) is 1. The van der Waals surface area contributed by atoms with Crippen molar-refractivity contribution < 1.29 is 23.1 Å². The molecular weight excluding hydrogens is 419 g/mol. The van der Waals surface area contributed by atoms with E-state index in [4.69, 9.17) is 0 Å². The van der Waals surface area contributed by atoms with Crippen LogP contribution in [0.4, 0.5) is 29.3 Å². The molecule has 5 nitrogen and oxygen atoms in total. The summed E-state index contributed by atoms with van der Waals surface area (Å²) in [7, 11) is 0. The van der Waals surface area contributed by atoms with Gasteiger partial charge in [-0.25, -0.2) is 4.79 Å². The molecule has 0 bridgehead atoms. The highest BCUT2D eigenvalue weighted by Crippen LogP contribution is 2.38. The number of carbonyl (C=O) groups is 1. The van der Waals surface area contributed by atoms with Crippen molar-refractivity contribution in [3.8, 4) is 0 Å². The number of amides is 2. The molecule has 2 aromatic rings. The zero-order valence-corrected chi connectivity index (χ0v) is 17.8. The number of anilines is 2. The molecule has 0 saturated carbocycles. The fourth-order valence-electron chi connectivity index (χ4n) is 4.57. The van der Waals surface area contributed by atoms with Gasteiger partial charge in [-0.05, 0) is 67.0 Å². The Kier molecular flexibility index (Phi) is 6.60. The van der Waals surface area contributed by atoms with Crippen molar-refractivity contribution in [2.45, 2.75) is 57.3 Å². The number of fused-ring (bicyclic) bond motifs is 1. The van der Waals surface area contributed by atoms with Gasteiger partial charge in [-0.2, -0.15) is 13.2 Å². The van der Waals surface area contributed by atoms with Crippen LogP contribution in [0, 0.1) is 0 Å². The van der Waals surface area contributed by atoms with E-state index in [2.05, 4.69) is 10.6 Å². The Morgan fingerprint density at radius 1 is 1.12 bits per heavy atom. The number of benzene rings is 2. The van der Waals surface area contributed by atoms with Gasteiger partial charge in [-0.3, -0.25) is 0 Å². The van der Waals surface area contributed by atoms with Crippen LogP contribution in [-0.2, 0) is 25.6 Å². The number of hydrogen-bond acceptors (Lipinski definition) is 3. The fraction of sp³-hybridized carbons (Fsp3) is 0.458. The molecule has 0 radical (unpaired) electrons. The smallest absolute Gasteiger partial charge is 0.393 e. The Morgan fingerprint density at radius 2 is 1.91 bits per heavy atom. The highest BCUT2D eigenvalue weighted by Gasteiger charge is 2.35. The van der Waals surface area contributed by atoms with Crippen LogP contribution in [-0.4, -0.2) is 30.3 Å². The van der Waals surface area contributed by atoms with Gasteiger partial charge in [0.15, 0.2) is 0 Å². The van der Waals surface area contributed by atoms with Crippen molar-refractivity contribution in [3.63, 3.8) is 0 Å². The predicted octanol–water partition coefficient (Wildman–Crippen LogP) is 4.87. The van der Waals surface area contributed by atoms with E-state index < -0.39 is 23.9 Å². The van der Waals surface area contributed by atoms with Crippen LogP contribution in [0.25, 0.3) is 0 Å². The number of piperidine rings is 1. The van der Waals surface area contributed by atoms with Crippen molar-refractivity contribution in [2.75, 3.05) is 23.3 Å². The summed E-state index contributed by atoms with van der Waals surface area (Å²) in [6.45, 7) is 1.23. The maximum absolute atomic E-state index is 13.7. The molecule has 8 heteroatoms. The second-order valence-electron chi connectivity index (χ2n) is 8.54. The Balaban J connectivity index is 1.44. The first-order chi connectivity index (χ1) is 15.3. The standard InChI is InChI=1S/C24H28F3N3O2/c25-24(26,27)20-13-16(7-10-22(20)30-11-2-1-3-12-30)15-28-23(32)29-21-6-4-5-17-8-9-18(31)14-19(17)21/h4-7,10,13,18,31H,1-3,8-9,11-12,14-15H2,(H2,28,29,32). The van der Waals surface area contributed by atoms with E-state index in [9.17, 15) is 23.1 Å². The molecule has 1 heterocycles. The molecule has 0 aromatic heterocycles.